The smallest absolute Gasteiger partial charge is 0.280 e. The molecule has 6 heteroatoms. The Bertz CT molecular complexity index is 1350. The lowest BCUT2D eigenvalue weighted by Crippen LogP contribution is -2.16. The third kappa shape index (κ3) is 3.03. The van der Waals surface area contributed by atoms with Crippen molar-refractivity contribution in [2.45, 2.75) is 0 Å². The van der Waals surface area contributed by atoms with Crippen molar-refractivity contribution < 1.29 is 4.74 Å². The van der Waals surface area contributed by atoms with E-state index in [1.807, 2.05) is 48.7 Å². The monoisotopic (exact) mass is 399 g/mol. The molecule has 29 heavy (non-hydrogen) atoms. The zero-order valence-corrected chi connectivity index (χ0v) is 16.4. The molecule has 0 unspecified atom stereocenters. The van der Waals surface area contributed by atoms with Crippen LogP contribution in [0.3, 0.4) is 0 Å². The maximum Gasteiger partial charge on any atom is 0.280 e. The van der Waals surface area contributed by atoms with E-state index in [9.17, 15) is 4.79 Å². The van der Waals surface area contributed by atoms with Gasteiger partial charge in [0.1, 0.15) is 5.75 Å². The lowest BCUT2D eigenvalue weighted by molar-refractivity contribution is 0.415. The van der Waals surface area contributed by atoms with E-state index in [0.717, 1.165) is 27.3 Å². The van der Waals surface area contributed by atoms with E-state index in [-0.39, 0.29) is 5.56 Å². The van der Waals surface area contributed by atoms with Gasteiger partial charge in [-0.1, -0.05) is 42.5 Å². The molecule has 0 radical (unpaired) electrons. The Morgan fingerprint density at radius 1 is 0.966 bits per heavy atom. The van der Waals surface area contributed by atoms with Gasteiger partial charge < -0.3 is 4.74 Å². The van der Waals surface area contributed by atoms with Crippen LogP contribution in [0, 0.1) is 0 Å². The molecule has 5 aromatic rings. The molecule has 0 spiro atoms. The zero-order chi connectivity index (χ0) is 19.8. The molecular formula is C23H17N3O2S. The number of nitrogens with zero attached hydrogens (tertiary/aromatic N) is 2. The fourth-order valence-electron chi connectivity index (χ4n) is 3.37. The van der Waals surface area contributed by atoms with Gasteiger partial charge in [0.15, 0.2) is 5.65 Å². The number of rotatable bonds is 4. The Labute approximate surface area is 170 Å². The first-order chi connectivity index (χ1) is 14.2. The normalized spacial score (nSPS) is 11.1. The van der Waals surface area contributed by atoms with Gasteiger partial charge in [-0.05, 0) is 40.3 Å². The standard InChI is InChI=1S/C23H17N3O2S/c1-28-18-9-7-16(8-10-18)19-12-24-22-20(13-25-26(22)23(19)27)21-11-17(14-29-21)15-5-3-2-4-6-15/h2-14,25H,1H3. The minimum atomic E-state index is -0.133. The second-order valence-electron chi connectivity index (χ2n) is 6.62. The summed E-state index contributed by atoms with van der Waals surface area (Å²) in [6, 6.07) is 19.8. The topological polar surface area (TPSA) is 59.4 Å². The van der Waals surface area contributed by atoms with E-state index in [1.54, 1.807) is 24.6 Å². The van der Waals surface area contributed by atoms with Crippen molar-refractivity contribution in [1.82, 2.24) is 14.6 Å². The maximum atomic E-state index is 13.0. The Morgan fingerprint density at radius 3 is 2.52 bits per heavy atom. The Morgan fingerprint density at radius 2 is 1.76 bits per heavy atom. The fourth-order valence-corrected chi connectivity index (χ4v) is 4.30. The molecule has 0 amide bonds. The summed E-state index contributed by atoms with van der Waals surface area (Å²) in [5.74, 6) is 0.747. The van der Waals surface area contributed by atoms with Crippen molar-refractivity contribution in [1.29, 1.82) is 0 Å². The molecule has 0 saturated heterocycles. The van der Waals surface area contributed by atoms with Gasteiger partial charge in [-0.2, -0.15) is 0 Å². The first kappa shape index (κ1) is 17.5. The zero-order valence-electron chi connectivity index (χ0n) is 15.6. The van der Waals surface area contributed by atoms with Crippen LogP contribution in [0.1, 0.15) is 0 Å². The molecule has 0 fully saturated rings. The maximum absolute atomic E-state index is 13.0. The molecule has 0 aliphatic rings. The van der Waals surface area contributed by atoms with Crippen molar-refractivity contribution in [2.75, 3.05) is 7.11 Å². The van der Waals surface area contributed by atoms with E-state index in [1.165, 1.54) is 10.1 Å². The Balaban J connectivity index is 1.57. The molecule has 0 aliphatic carbocycles. The Kier molecular flexibility index (Phi) is 4.26. The number of benzene rings is 2. The molecule has 0 bridgehead atoms. The lowest BCUT2D eigenvalue weighted by atomic mass is 10.1. The van der Waals surface area contributed by atoms with Crippen LogP contribution in [0.4, 0.5) is 0 Å². The molecule has 3 aromatic heterocycles. The number of ether oxygens (including phenoxy) is 1. The van der Waals surface area contributed by atoms with Crippen LogP contribution < -0.4 is 10.3 Å². The van der Waals surface area contributed by atoms with E-state index in [4.69, 9.17) is 4.74 Å². The summed E-state index contributed by atoms with van der Waals surface area (Å²) in [5, 5.41) is 5.18. The summed E-state index contributed by atoms with van der Waals surface area (Å²) in [5.41, 5.74) is 5.06. The van der Waals surface area contributed by atoms with Crippen LogP contribution in [0.5, 0.6) is 5.75 Å². The highest BCUT2D eigenvalue weighted by Crippen LogP contribution is 2.34. The van der Waals surface area contributed by atoms with Crippen LogP contribution >= 0.6 is 11.3 Å². The summed E-state index contributed by atoms with van der Waals surface area (Å²) in [6.07, 6.45) is 3.48. The van der Waals surface area contributed by atoms with Gasteiger partial charge in [0, 0.05) is 17.3 Å². The van der Waals surface area contributed by atoms with E-state index < -0.39 is 0 Å². The number of hydrogen-bond donors (Lipinski definition) is 1. The quantitative estimate of drug-likeness (QED) is 0.458. The average molecular weight is 399 g/mol. The van der Waals surface area contributed by atoms with Crippen molar-refractivity contribution in [2.24, 2.45) is 0 Å². The molecule has 5 rings (SSSR count). The SMILES string of the molecule is COc1ccc(-c2cnc3c(-c4cc(-c5ccccc5)cs4)c[nH]n3c2=O)cc1. The van der Waals surface area contributed by atoms with Gasteiger partial charge in [-0.25, -0.2) is 9.50 Å². The van der Waals surface area contributed by atoms with Crippen molar-refractivity contribution in [3.63, 3.8) is 0 Å². The molecule has 3 heterocycles. The first-order valence-electron chi connectivity index (χ1n) is 9.12. The predicted molar refractivity (Wildman–Crippen MR) is 117 cm³/mol. The molecule has 0 atom stereocenters. The van der Waals surface area contributed by atoms with Crippen LogP contribution in [-0.4, -0.2) is 21.7 Å². The van der Waals surface area contributed by atoms with Gasteiger partial charge in [0.05, 0.1) is 18.2 Å². The molecule has 0 aliphatic heterocycles. The summed E-state index contributed by atoms with van der Waals surface area (Å²) in [6.45, 7) is 0. The van der Waals surface area contributed by atoms with Crippen LogP contribution in [-0.2, 0) is 0 Å². The third-order valence-corrected chi connectivity index (χ3v) is 5.88. The molecule has 1 N–H and O–H groups in total. The summed E-state index contributed by atoms with van der Waals surface area (Å²) < 4.78 is 6.68. The third-order valence-electron chi connectivity index (χ3n) is 4.91. The molecule has 5 nitrogen and oxygen atoms in total. The number of fused-ring (bicyclic) bond motifs is 1. The second-order valence-corrected chi connectivity index (χ2v) is 7.53. The van der Waals surface area contributed by atoms with E-state index >= 15 is 0 Å². The summed E-state index contributed by atoms with van der Waals surface area (Å²) in [7, 11) is 1.62. The molecule has 142 valence electrons. The van der Waals surface area contributed by atoms with Gasteiger partial charge in [-0.3, -0.25) is 9.89 Å². The minimum Gasteiger partial charge on any atom is -0.497 e. The first-order valence-corrected chi connectivity index (χ1v) is 10.0. The number of aromatic amines is 1. The highest BCUT2D eigenvalue weighted by molar-refractivity contribution is 7.14. The summed E-state index contributed by atoms with van der Waals surface area (Å²) >= 11 is 1.64. The van der Waals surface area contributed by atoms with Crippen LogP contribution in [0.15, 0.2) is 83.2 Å². The van der Waals surface area contributed by atoms with Gasteiger partial charge in [-0.15, -0.1) is 11.3 Å². The van der Waals surface area contributed by atoms with Gasteiger partial charge in [0.2, 0.25) is 0 Å². The van der Waals surface area contributed by atoms with Crippen LogP contribution in [0.25, 0.3) is 38.3 Å². The number of nitrogens with one attached hydrogen (secondary N) is 1. The second kappa shape index (κ2) is 7.07. The predicted octanol–water partition coefficient (Wildman–Crippen LogP) is 5.09. The van der Waals surface area contributed by atoms with E-state index in [0.29, 0.717) is 11.2 Å². The number of methoxy groups -OCH3 is 1. The van der Waals surface area contributed by atoms with Crippen molar-refractivity contribution in [3.05, 3.63) is 88.8 Å². The highest BCUT2D eigenvalue weighted by atomic mass is 32.1. The van der Waals surface area contributed by atoms with Gasteiger partial charge >= 0.3 is 0 Å². The molecule has 2 aromatic carbocycles. The number of hydrogen-bond acceptors (Lipinski definition) is 4. The van der Waals surface area contributed by atoms with Gasteiger partial charge in [0.25, 0.3) is 5.56 Å². The average Bonchev–Trinajstić information content (AvgIpc) is 3.42. The van der Waals surface area contributed by atoms with Crippen molar-refractivity contribution >= 4 is 17.0 Å². The van der Waals surface area contributed by atoms with Crippen LogP contribution in [0.2, 0.25) is 0 Å². The highest BCUT2D eigenvalue weighted by Gasteiger charge is 2.14. The number of thiophene rings is 1. The minimum absolute atomic E-state index is 0.133. The van der Waals surface area contributed by atoms with E-state index in [2.05, 4.69) is 33.7 Å². The largest absolute Gasteiger partial charge is 0.497 e. The summed E-state index contributed by atoms with van der Waals surface area (Å²) in [4.78, 5) is 18.7. The number of H-pyrrole nitrogens is 1. The lowest BCUT2D eigenvalue weighted by Gasteiger charge is -2.04. The molecule has 0 saturated carbocycles. The molecular weight excluding hydrogens is 382 g/mol. The number of aromatic nitrogens is 3. The fraction of sp³-hybridized carbons (Fsp3) is 0.0435. The Hall–Kier alpha value is -3.64. The van der Waals surface area contributed by atoms with Crippen molar-refractivity contribution in [3.8, 4) is 38.4 Å².